The second-order valence-electron chi connectivity index (χ2n) is 5.42. The van der Waals surface area contributed by atoms with Gasteiger partial charge in [-0.15, -0.1) is 0 Å². The summed E-state index contributed by atoms with van der Waals surface area (Å²) in [5.74, 6) is 0.131. The third-order valence-corrected chi connectivity index (χ3v) is 3.93. The minimum Gasteiger partial charge on any atom is -0.378 e. The number of piperazine rings is 1. The summed E-state index contributed by atoms with van der Waals surface area (Å²) in [5, 5.41) is 3.39. The summed E-state index contributed by atoms with van der Waals surface area (Å²) in [6, 6.07) is 8.38. The van der Waals surface area contributed by atoms with E-state index in [-0.39, 0.29) is 11.9 Å². The van der Waals surface area contributed by atoms with Gasteiger partial charge in [-0.2, -0.15) is 0 Å². The topological polar surface area (TPSA) is 35.6 Å². The van der Waals surface area contributed by atoms with E-state index < -0.39 is 0 Å². The summed E-state index contributed by atoms with van der Waals surface area (Å²) in [7, 11) is 3.99. The monoisotopic (exact) mass is 261 g/mol. The normalized spacial score (nSPS) is 23.3. The zero-order valence-electron chi connectivity index (χ0n) is 12.2. The van der Waals surface area contributed by atoms with Crippen LogP contribution in [0.1, 0.15) is 24.2 Å². The molecule has 1 fully saturated rings. The second kappa shape index (κ2) is 5.61. The first-order valence-electron chi connectivity index (χ1n) is 6.82. The van der Waals surface area contributed by atoms with Gasteiger partial charge >= 0.3 is 0 Å². The Morgan fingerprint density at radius 1 is 1.26 bits per heavy atom. The van der Waals surface area contributed by atoms with Crippen molar-refractivity contribution in [2.45, 2.75) is 25.9 Å². The van der Waals surface area contributed by atoms with Gasteiger partial charge in [0.25, 0.3) is 5.91 Å². The molecule has 0 spiro atoms. The van der Waals surface area contributed by atoms with E-state index in [2.05, 4.69) is 19.2 Å². The van der Waals surface area contributed by atoms with Crippen LogP contribution in [-0.2, 0) is 0 Å². The summed E-state index contributed by atoms with van der Waals surface area (Å²) in [6.45, 7) is 5.87. The number of carbonyl (C=O) groups is 1. The molecule has 0 radical (unpaired) electrons. The molecule has 4 heteroatoms. The molecule has 2 unspecified atom stereocenters. The largest absolute Gasteiger partial charge is 0.378 e. The molecule has 2 atom stereocenters. The fourth-order valence-electron chi connectivity index (χ4n) is 2.41. The van der Waals surface area contributed by atoms with Crippen LogP contribution in [-0.4, -0.2) is 50.1 Å². The van der Waals surface area contributed by atoms with Gasteiger partial charge in [-0.05, 0) is 38.1 Å². The number of nitrogens with zero attached hydrogens (tertiary/aromatic N) is 2. The van der Waals surface area contributed by atoms with Gasteiger partial charge in [0, 0.05) is 50.5 Å². The Morgan fingerprint density at radius 3 is 2.47 bits per heavy atom. The minimum absolute atomic E-state index is 0.131. The van der Waals surface area contributed by atoms with Crippen molar-refractivity contribution >= 4 is 11.6 Å². The van der Waals surface area contributed by atoms with Crippen LogP contribution in [0, 0.1) is 0 Å². The molecule has 1 aliphatic heterocycles. The summed E-state index contributed by atoms with van der Waals surface area (Å²) in [5.41, 5.74) is 1.88. The molecule has 0 bridgehead atoms. The predicted molar refractivity (Wildman–Crippen MR) is 78.7 cm³/mol. The van der Waals surface area contributed by atoms with E-state index in [0.717, 1.165) is 24.3 Å². The molecule has 19 heavy (non-hydrogen) atoms. The predicted octanol–water partition coefficient (Wildman–Crippen LogP) is 1.57. The molecular weight excluding hydrogens is 238 g/mol. The Hall–Kier alpha value is -1.55. The van der Waals surface area contributed by atoms with E-state index in [1.54, 1.807) is 0 Å². The quantitative estimate of drug-likeness (QED) is 0.878. The lowest BCUT2D eigenvalue weighted by Gasteiger charge is -2.38. The van der Waals surface area contributed by atoms with Crippen LogP contribution in [0.2, 0.25) is 0 Å². The lowest BCUT2D eigenvalue weighted by Crippen LogP contribution is -2.57. The van der Waals surface area contributed by atoms with Crippen molar-refractivity contribution in [2.75, 3.05) is 32.1 Å². The SMILES string of the molecule is CC1NCCN(C(=O)c2ccc(N(C)C)cc2)C1C. The number of carbonyl (C=O) groups excluding carboxylic acids is 1. The van der Waals surface area contributed by atoms with E-state index in [1.165, 1.54) is 0 Å². The maximum atomic E-state index is 12.5. The molecule has 1 aliphatic rings. The number of anilines is 1. The average Bonchev–Trinajstić information content (AvgIpc) is 2.41. The van der Waals surface area contributed by atoms with Crippen molar-refractivity contribution < 1.29 is 4.79 Å². The summed E-state index contributed by atoms with van der Waals surface area (Å²) in [6.07, 6.45) is 0. The Labute approximate surface area is 115 Å². The Balaban J connectivity index is 2.14. The zero-order valence-corrected chi connectivity index (χ0v) is 12.2. The molecule has 104 valence electrons. The summed E-state index contributed by atoms with van der Waals surface area (Å²) in [4.78, 5) is 16.5. The van der Waals surface area contributed by atoms with Crippen molar-refractivity contribution in [1.82, 2.24) is 10.2 Å². The molecular formula is C15H23N3O. The van der Waals surface area contributed by atoms with Crippen molar-refractivity contribution in [2.24, 2.45) is 0 Å². The number of amides is 1. The van der Waals surface area contributed by atoms with Gasteiger partial charge in [-0.25, -0.2) is 0 Å². The summed E-state index contributed by atoms with van der Waals surface area (Å²) >= 11 is 0. The number of nitrogens with one attached hydrogen (secondary N) is 1. The van der Waals surface area contributed by atoms with Crippen molar-refractivity contribution in [1.29, 1.82) is 0 Å². The molecule has 0 aliphatic carbocycles. The van der Waals surface area contributed by atoms with Crippen LogP contribution in [0.5, 0.6) is 0 Å². The number of hydrogen-bond donors (Lipinski definition) is 1. The van der Waals surface area contributed by atoms with Gasteiger partial charge in [0.15, 0.2) is 0 Å². The van der Waals surface area contributed by atoms with Crippen molar-refractivity contribution in [3.63, 3.8) is 0 Å². The fraction of sp³-hybridized carbons (Fsp3) is 0.533. The van der Waals surface area contributed by atoms with E-state index in [9.17, 15) is 4.79 Å². The zero-order chi connectivity index (χ0) is 14.0. The lowest BCUT2D eigenvalue weighted by molar-refractivity contribution is 0.0603. The molecule has 1 saturated heterocycles. The first-order chi connectivity index (χ1) is 9.00. The summed E-state index contributed by atoms with van der Waals surface area (Å²) < 4.78 is 0. The van der Waals surface area contributed by atoms with Crippen LogP contribution in [0.3, 0.4) is 0 Å². The number of hydrogen-bond acceptors (Lipinski definition) is 3. The van der Waals surface area contributed by atoms with Crippen molar-refractivity contribution in [3.8, 4) is 0 Å². The number of rotatable bonds is 2. The number of benzene rings is 1. The maximum Gasteiger partial charge on any atom is 0.254 e. The lowest BCUT2D eigenvalue weighted by atomic mass is 10.1. The van der Waals surface area contributed by atoms with E-state index >= 15 is 0 Å². The van der Waals surface area contributed by atoms with Gasteiger partial charge in [0.1, 0.15) is 0 Å². The highest BCUT2D eigenvalue weighted by Gasteiger charge is 2.28. The molecule has 0 aromatic heterocycles. The van der Waals surface area contributed by atoms with Gasteiger partial charge in [-0.3, -0.25) is 4.79 Å². The van der Waals surface area contributed by atoms with Crippen molar-refractivity contribution in [3.05, 3.63) is 29.8 Å². The van der Waals surface area contributed by atoms with Gasteiger partial charge in [-0.1, -0.05) is 0 Å². The molecule has 1 aromatic carbocycles. The third-order valence-electron chi connectivity index (χ3n) is 3.93. The Kier molecular flexibility index (Phi) is 4.10. The molecule has 1 aromatic rings. The average molecular weight is 261 g/mol. The van der Waals surface area contributed by atoms with Gasteiger partial charge < -0.3 is 15.1 Å². The highest BCUT2D eigenvalue weighted by Crippen LogP contribution is 2.17. The molecule has 4 nitrogen and oxygen atoms in total. The smallest absolute Gasteiger partial charge is 0.254 e. The first-order valence-corrected chi connectivity index (χ1v) is 6.82. The molecule has 1 amide bonds. The molecule has 1 heterocycles. The molecule has 2 rings (SSSR count). The maximum absolute atomic E-state index is 12.5. The van der Waals surface area contributed by atoms with E-state index in [1.807, 2.05) is 48.2 Å². The van der Waals surface area contributed by atoms with E-state index in [0.29, 0.717) is 6.04 Å². The van der Waals surface area contributed by atoms with Crippen LogP contribution in [0.25, 0.3) is 0 Å². The van der Waals surface area contributed by atoms with Crippen LogP contribution in [0.4, 0.5) is 5.69 Å². The minimum atomic E-state index is 0.131. The van der Waals surface area contributed by atoms with Crippen LogP contribution >= 0.6 is 0 Å². The van der Waals surface area contributed by atoms with Gasteiger partial charge in [0.05, 0.1) is 0 Å². The Morgan fingerprint density at radius 2 is 1.89 bits per heavy atom. The Bertz CT molecular complexity index is 441. The van der Waals surface area contributed by atoms with Crippen LogP contribution < -0.4 is 10.2 Å². The standard InChI is InChI=1S/C15H23N3O/c1-11-12(2)18(10-9-16-11)15(19)13-5-7-14(8-6-13)17(3)4/h5-8,11-12,16H,9-10H2,1-4H3. The highest BCUT2D eigenvalue weighted by atomic mass is 16.2. The third kappa shape index (κ3) is 2.89. The van der Waals surface area contributed by atoms with Crippen LogP contribution in [0.15, 0.2) is 24.3 Å². The highest BCUT2D eigenvalue weighted by molar-refractivity contribution is 5.94. The molecule has 0 saturated carbocycles. The fourth-order valence-corrected chi connectivity index (χ4v) is 2.41. The molecule has 1 N–H and O–H groups in total. The first kappa shape index (κ1) is 13.9. The van der Waals surface area contributed by atoms with Gasteiger partial charge in [0.2, 0.25) is 0 Å². The van der Waals surface area contributed by atoms with E-state index in [4.69, 9.17) is 0 Å². The second-order valence-corrected chi connectivity index (χ2v) is 5.42.